The molecule has 9 nitrogen and oxygen atoms in total. The molecule has 2 aromatic heterocycles. The number of hydrogen-bond acceptors (Lipinski definition) is 7. The molecule has 1 amide bonds. The van der Waals surface area contributed by atoms with Crippen LogP contribution in [0.1, 0.15) is 38.7 Å². The number of carbonyl (C=O) groups excluding carboxylic acids is 1. The van der Waals surface area contributed by atoms with Gasteiger partial charge in [-0.3, -0.25) is 4.79 Å². The highest BCUT2D eigenvalue weighted by atomic mass is 35.5. The van der Waals surface area contributed by atoms with Crippen molar-refractivity contribution >= 4 is 28.5 Å². The smallest absolute Gasteiger partial charge is 0.255 e. The van der Waals surface area contributed by atoms with Gasteiger partial charge in [0, 0.05) is 17.1 Å². The number of fused-ring (bicyclic) bond motifs is 2. The summed E-state index contributed by atoms with van der Waals surface area (Å²) in [6.45, 7) is 0.872. The van der Waals surface area contributed by atoms with Gasteiger partial charge in [0.2, 0.25) is 0 Å². The summed E-state index contributed by atoms with van der Waals surface area (Å²) in [7, 11) is 3.02. The van der Waals surface area contributed by atoms with Crippen LogP contribution in [0.4, 0.5) is 0 Å². The van der Waals surface area contributed by atoms with E-state index in [-0.39, 0.29) is 17.4 Å². The molecule has 10 heteroatoms. The predicted molar refractivity (Wildman–Crippen MR) is 184 cm³/mol. The summed E-state index contributed by atoms with van der Waals surface area (Å²) >= 11 is 6.13. The maximum atomic E-state index is 14.9. The van der Waals surface area contributed by atoms with Gasteiger partial charge in [-0.15, -0.1) is 0 Å². The number of pyridine rings is 1. The lowest BCUT2D eigenvalue weighted by molar-refractivity contribution is 0.0661. The standard InChI is InChI=1S/C38H33ClN4O5/c1-47-35-13-10-24(17-33(35)44)16-32-28-20-34(45)36(48-2)18-26(28)14-15-42(32)38(46)29-19-31(25-6-4-3-5-7-25)41-37-30(29)21-40-43(37)22-23-8-11-27(39)12-9-23/h3-13,17-21,32,44-45H,14-16,22H2,1-2H3. The van der Waals surface area contributed by atoms with Crippen LogP contribution in [-0.2, 0) is 19.4 Å². The Labute approximate surface area is 282 Å². The summed E-state index contributed by atoms with van der Waals surface area (Å²) < 4.78 is 12.5. The van der Waals surface area contributed by atoms with E-state index < -0.39 is 6.04 Å². The molecule has 0 saturated carbocycles. The van der Waals surface area contributed by atoms with Crippen LogP contribution in [0.15, 0.2) is 97.2 Å². The van der Waals surface area contributed by atoms with Crippen LogP contribution in [0.3, 0.4) is 0 Å². The number of hydrogen-bond donors (Lipinski definition) is 2. The lowest BCUT2D eigenvalue weighted by Gasteiger charge is -2.38. The SMILES string of the molecule is COc1ccc(CC2c3cc(O)c(OC)cc3CCN2C(=O)c2cc(-c3ccccc3)nc3c2cnn3Cc2ccc(Cl)cc2)cc1O. The van der Waals surface area contributed by atoms with Gasteiger partial charge < -0.3 is 24.6 Å². The molecule has 7 rings (SSSR count). The maximum absolute atomic E-state index is 14.9. The Morgan fingerprint density at radius 1 is 0.896 bits per heavy atom. The molecule has 2 N–H and O–H groups in total. The van der Waals surface area contributed by atoms with Crippen LogP contribution in [0, 0.1) is 0 Å². The number of carbonyl (C=O) groups is 1. The molecule has 4 aromatic carbocycles. The molecule has 48 heavy (non-hydrogen) atoms. The molecule has 242 valence electrons. The number of phenols is 2. The number of amides is 1. The molecular formula is C38H33ClN4O5. The molecule has 0 radical (unpaired) electrons. The molecule has 0 bridgehead atoms. The third-order valence-electron chi connectivity index (χ3n) is 8.89. The highest BCUT2D eigenvalue weighted by Crippen LogP contribution is 2.41. The quantitative estimate of drug-likeness (QED) is 0.178. The van der Waals surface area contributed by atoms with E-state index in [0.717, 1.165) is 27.8 Å². The van der Waals surface area contributed by atoms with Crippen molar-refractivity contribution in [1.29, 1.82) is 0 Å². The van der Waals surface area contributed by atoms with Gasteiger partial charge >= 0.3 is 0 Å². The second-order valence-corrected chi connectivity index (χ2v) is 12.2. The molecule has 3 heterocycles. The van der Waals surface area contributed by atoms with Crippen LogP contribution in [-0.4, -0.2) is 56.5 Å². The Bertz CT molecular complexity index is 2130. The highest BCUT2D eigenvalue weighted by molar-refractivity contribution is 6.30. The fraction of sp³-hybridized carbons (Fsp3) is 0.184. The largest absolute Gasteiger partial charge is 0.504 e. The first kappa shape index (κ1) is 31.1. The minimum absolute atomic E-state index is 0.00531. The van der Waals surface area contributed by atoms with Gasteiger partial charge in [-0.1, -0.05) is 60.1 Å². The summed E-state index contributed by atoms with van der Waals surface area (Å²) in [6.07, 6.45) is 2.65. The van der Waals surface area contributed by atoms with E-state index >= 15 is 0 Å². The van der Waals surface area contributed by atoms with E-state index in [2.05, 4.69) is 5.10 Å². The third kappa shape index (κ3) is 5.89. The van der Waals surface area contributed by atoms with E-state index in [0.29, 0.717) is 64.7 Å². The molecule has 1 aliphatic heterocycles. The highest BCUT2D eigenvalue weighted by Gasteiger charge is 2.34. The van der Waals surface area contributed by atoms with Crippen LogP contribution in [0.25, 0.3) is 22.3 Å². The summed E-state index contributed by atoms with van der Waals surface area (Å²) in [4.78, 5) is 21.7. The van der Waals surface area contributed by atoms with Crippen molar-refractivity contribution in [3.8, 4) is 34.3 Å². The summed E-state index contributed by atoms with van der Waals surface area (Å²) in [5, 5.41) is 27.4. The van der Waals surface area contributed by atoms with Crippen molar-refractivity contribution in [1.82, 2.24) is 19.7 Å². The zero-order chi connectivity index (χ0) is 33.4. The van der Waals surface area contributed by atoms with Crippen LogP contribution in [0.5, 0.6) is 23.0 Å². The lowest BCUT2D eigenvalue weighted by atomic mass is 9.87. The van der Waals surface area contributed by atoms with Crippen molar-refractivity contribution < 1.29 is 24.5 Å². The van der Waals surface area contributed by atoms with Crippen molar-refractivity contribution in [2.45, 2.75) is 25.4 Å². The third-order valence-corrected chi connectivity index (χ3v) is 9.14. The number of aromatic nitrogens is 3. The summed E-state index contributed by atoms with van der Waals surface area (Å²) in [6, 6.07) is 27.5. The van der Waals surface area contributed by atoms with Gasteiger partial charge in [0.15, 0.2) is 28.6 Å². The summed E-state index contributed by atoms with van der Waals surface area (Å²) in [5.74, 6) is 0.564. The van der Waals surface area contributed by atoms with Gasteiger partial charge in [0.05, 0.1) is 49.6 Å². The number of rotatable bonds is 8. The molecule has 0 fully saturated rings. The lowest BCUT2D eigenvalue weighted by Crippen LogP contribution is -2.41. The first-order valence-corrected chi connectivity index (χ1v) is 15.9. The molecule has 1 aliphatic rings. The molecule has 6 aromatic rings. The number of nitrogens with zero attached hydrogens (tertiary/aromatic N) is 4. The van der Waals surface area contributed by atoms with Crippen molar-refractivity contribution in [3.05, 3.63) is 130 Å². The van der Waals surface area contributed by atoms with Crippen molar-refractivity contribution in [2.75, 3.05) is 20.8 Å². The zero-order valence-electron chi connectivity index (χ0n) is 26.4. The number of methoxy groups -OCH3 is 2. The number of aromatic hydroxyl groups is 2. The second-order valence-electron chi connectivity index (χ2n) is 11.8. The fourth-order valence-corrected chi connectivity index (χ4v) is 6.57. The monoisotopic (exact) mass is 660 g/mol. The van der Waals surface area contributed by atoms with Gasteiger partial charge in [0.25, 0.3) is 5.91 Å². The number of ether oxygens (including phenoxy) is 2. The molecule has 1 unspecified atom stereocenters. The van der Waals surface area contributed by atoms with Gasteiger partial charge in [-0.2, -0.15) is 5.10 Å². The first-order valence-electron chi connectivity index (χ1n) is 15.6. The van der Waals surface area contributed by atoms with E-state index in [1.807, 2.05) is 77.7 Å². The molecule has 1 atom stereocenters. The van der Waals surface area contributed by atoms with Crippen LogP contribution < -0.4 is 9.47 Å². The number of halogens is 1. The average molecular weight is 661 g/mol. The predicted octanol–water partition coefficient (Wildman–Crippen LogP) is 7.21. The van der Waals surface area contributed by atoms with Gasteiger partial charge in [0.1, 0.15) is 0 Å². The van der Waals surface area contributed by atoms with E-state index in [9.17, 15) is 15.0 Å². The van der Waals surface area contributed by atoms with E-state index in [4.69, 9.17) is 26.1 Å². The second kappa shape index (κ2) is 12.9. The molecule has 0 saturated heterocycles. The minimum atomic E-state index is -0.460. The minimum Gasteiger partial charge on any atom is -0.504 e. The normalized spacial score (nSPS) is 14.1. The van der Waals surface area contributed by atoms with E-state index in [1.165, 1.54) is 14.2 Å². The number of benzene rings is 4. The summed E-state index contributed by atoms with van der Waals surface area (Å²) in [5.41, 5.74) is 6.19. The maximum Gasteiger partial charge on any atom is 0.255 e. The van der Waals surface area contributed by atoms with Crippen LogP contribution in [0.2, 0.25) is 5.02 Å². The van der Waals surface area contributed by atoms with Crippen LogP contribution >= 0.6 is 11.6 Å². The molecule has 0 aliphatic carbocycles. The van der Waals surface area contributed by atoms with Gasteiger partial charge in [-0.05, 0) is 77.6 Å². The van der Waals surface area contributed by atoms with Gasteiger partial charge in [-0.25, -0.2) is 9.67 Å². The Balaban J connectivity index is 1.34. The molecular weight excluding hydrogens is 628 g/mol. The Kier molecular flexibility index (Phi) is 8.37. The molecule has 0 spiro atoms. The van der Waals surface area contributed by atoms with Crippen molar-refractivity contribution in [2.24, 2.45) is 0 Å². The number of phenolic OH excluding ortho intramolecular Hbond substituents is 2. The van der Waals surface area contributed by atoms with E-state index in [1.54, 1.807) is 29.1 Å². The Morgan fingerprint density at radius 3 is 2.35 bits per heavy atom. The Hall–Kier alpha value is -5.54. The fourth-order valence-electron chi connectivity index (χ4n) is 6.45. The Morgan fingerprint density at radius 2 is 1.62 bits per heavy atom. The first-order chi connectivity index (χ1) is 23.3. The zero-order valence-corrected chi connectivity index (χ0v) is 27.2. The van der Waals surface area contributed by atoms with Crippen molar-refractivity contribution in [3.63, 3.8) is 0 Å². The topological polar surface area (TPSA) is 110 Å². The average Bonchev–Trinajstić information content (AvgIpc) is 3.51.